The summed E-state index contributed by atoms with van der Waals surface area (Å²) >= 11 is 7.20. The number of amides is 2. The maximum absolute atomic E-state index is 11.9. The van der Waals surface area contributed by atoms with Gasteiger partial charge in [-0.05, 0) is 25.1 Å². The Labute approximate surface area is 130 Å². The number of rotatable bonds is 5. The Kier molecular flexibility index (Phi) is 4.82. The Morgan fingerprint density at radius 1 is 1.38 bits per heavy atom. The van der Waals surface area contributed by atoms with E-state index in [-0.39, 0.29) is 12.5 Å². The van der Waals surface area contributed by atoms with Crippen molar-refractivity contribution in [2.45, 2.75) is 6.92 Å². The van der Waals surface area contributed by atoms with Crippen LogP contribution < -0.4 is 15.8 Å². The zero-order valence-electron chi connectivity index (χ0n) is 11.2. The standard InChI is InChI=1S/C14H13ClN2O3S/c1-8-6-9(13(16)19)14(21-8)17-12(18)7-20-11-5-3-2-4-10(11)15/h2-6H,7H2,1H3,(H2,16,19)(H,17,18). The molecule has 0 aliphatic heterocycles. The molecule has 21 heavy (non-hydrogen) atoms. The second kappa shape index (κ2) is 6.60. The van der Waals surface area contributed by atoms with Crippen LogP contribution in [-0.2, 0) is 4.79 Å². The molecule has 1 aromatic carbocycles. The number of thiophene rings is 1. The fourth-order valence-electron chi connectivity index (χ4n) is 1.66. The molecule has 0 radical (unpaired) electrons. The maximum Gasteiger partial charge on any atom is 0.262 e. The average Bonchev–Trinajstić information content (AvgIpc) is 2.79. The van der Waals surface area contributed by atoms with Gasteiger partial charge in [0, 0.05) is 4.88 Å². The molecule has 2 rings (SSSR count). The highest BCUT2D eigenvalue weighted by Crippen LogP contribution is 2.27. The summed E-state index contributed by atoms with van der Waals surface area (Å²) in [6.45, 7) is 1.62. The molecule has 2 amide bonds. The minimum Gasteiger partial charge on any atom is -0.482 e. The monoisotopic (exact) mass is 324 g/mol. The molecule has 110 valence electrons. The first-order chi connectivity index (χ1) is 9.97. The number of aryl methyl sites for hydroxylation is 1. The summed E-state index contributed by atoms with van der Waals surface area (Å²) in [5.74, 6) is -0.548. The largest absolute Gasteiger partial charge is 0.482 e. The van der Waals surface area contributed by atoms with E-state index in [0.29, 0.717) is 21.3 Å². The van der Waals surface area contributed by atoms with Crippen LogP contribution in [0.15, 0.2) is 30.3 Å². The number of nitrogens with two attached hydrogens (primary N) is 1. The lowest BCUT2D eigenvalue weighted by Gasteiger charge is -2.08. The van der Waals surface area contributed by atoms with Crippen molar-refractivity contribution >= 4 is 39.8 Å². The van der Waals surface area contributed by atoms with Gasteiger partial charge in [-0.15, -0.1) is 11.3 Å². The van der Waals surface area contributed by atoms with Gasteiger partial charge in [0.05, 0.1) is 10.6 Å². The van der Waals surface area contributed by atoms with Crippen molar-refractivity contribution in [3.05, 3.63) is 45.8 Å². The fraction of sp³-hybridized carbons (Fsp3) is 0.143. The van der Waals surface area contributed by atoms with Crippen molar-refractivity contribution in [1.29, 1.82) is 0 Å². The van der Waals surface area contributed by atoms with Crippen LogP contribution in [0.4, 0.5) is 5.00 Å². The van der Waals surface area contributed by atoms with E-state index < -0.39 is 5.91 Å². The number of carbonyl (C=O) groups excluding carboxylic acids is 2. The molecule has 0 unspecified atom stereocenters. The molecular formula is C14H13ClN2O3S. The normalized spacial score (nSPS) is 10.2. The first kappa shape index (κ1) is 15.3. The minimum atomic E-state index is -0.582. The van der Waals surface area contributed by atoms with Crippen molar-refractivity contribution in [3.8, 4) is 5.75 Å². The van der Waals surface area contributed by atoms with E-state index in [9.17, 15) is 9.59 Å². The summed E-state index contributed by atoms with van der Waals surface area (Å²) in [7, 11) is 0. The van der Waals surface area contributed by atoms with E-state index in [1.54, 1.807) is 30.3 Å². The first-order valence-electron chi connectivity index (χ1n) is 6.05. The SMILES string of the molecule is Cc1cc(C(N)=O)c(NC(=O)COc2ccccc2Cl)s1. The number of para-hydroxylation sites is 1. The molecule has 0 bridgehead atoms. The number of benzene rings is 1. The van der Waals surface area contributed by atoms with Crippen LogP contribution in [0, 0.1) is 6.92 Å². The summed E-state index contributed by atoms with van der Waals surface area (Å²) in [4.78, 5) is 24.0. The van der Waals surface area contributed by atoms with Crippen LogP contribution in [0.5, 0.6) is 5.75 Å². The van der Waals surface area contributed by atoms with Gasteiger partial charge in [-0.1, -0.05) is 23.7 Å². The first-order valence-corrected chi connectivity index (χ1v) is 7.24. The molecule has 3 N–H and O–H groups in total. The van der Waals surface area contributed by atoms with Crippen molar-refractivity contribution in [1.82, 2.24) is 0 Å². The molecule has 1 aromatic heterocycles. The van der Waals surface area contributed by atoms with Gasteiger partial charge in [0.1, 0.15) is 10.8 Å². The molecule has 0 saturated carbocycles. The van der Waals surface area contributed by atoms with E-state index in [0.717, 1.165) is 4.88 Å². The third-order valence-corrected chi connectivity index (χ3v) is 3.85. The fourth-order valence-corrected chi connectivity index (χ4v) is 2.78. The molecule has 0 saturated heterocycles. The lowest BCUT2D eigenvalue weighted by Crippen LogP contribution is -2.21. The van der Waals surface area contributed by atoms with Crippen LogP contribution in [0.25, 0.3) is 0 Å². The van der Waals surface area contributed by atoms with Crippen molar-refractivity contribution in [2.75, 3.05) is 11.9 Å². The number of carbonyl (C=O) groups is 2. The van der Waals surface area contributed by atoms with Gasteiger partial charge >= 0.3 is 0 Å². The number of primary amides is 1. The van der Waals surface area contributed by atoms with Gasteiger partial charge in [-0.3, -0.25) is 9.59 Å². The summed E-state index contributed by atoms with van der Waals surface area (Å²) in [6.07, 6.45) is 0. The van der Waals surface area contributed by atoms with Crippen LogP contribution in [0.1, 0.15) is 15.2 Å². The van der Waals surface area contributed by atoms with Crippen LogP contribution in [-0.4, -0.2) is 18.4 Å². The van der Waals surface area contributed by atoms with Crippen molar-refractivity contribution < 1.29 is 14.3 Å². The molecule has 7 heteroatoms. The van der Waals surface area contributed by atoms with Crippen molar-refractivity contribution in [2.24, 2.45) is 5.73 Å². The third-order valence-electron chi connectivity index (χ3n) is 2.57. The Bertz CT molecular complexity index is 685. The minimum absolute atomic E-state index is 0.209. The highest BCUT2D eigenvalue weighted by molar-refractivity contribution is 7.16. The predicted molar refractivity (Wildman–Crippen MR) is 83.2 cm³/mol. The van der Waals surface area contributed by atoms with E-state index in [2.05, 4.69) is 5.32 Å². The van der Waals surface area contributed by atoms with E-state index in [1.807, 2.05) is 6.92 Å². The summed E-state index contributed by atoms with van der Waals surface area (Å²) in [5.41, 5.74) is 5.55. The van der Waals surface area contributed by atoms with E-state index >= 15 is 0 Å². The van der Waals surface area contributed by atoms with Gasteiger partial charge in [-0.2, -0.15) is 0 Å². The van der Waals surface area contributed by atoms with Gasteiger partial charge < -0.3 is 15.8 Å². The lowest BCUT2D eigenvalue weighted by atomic mass is 10.3. The number of halogens is 1. The smallest absolute Gasteiger partial charge is 0.262 e. The summed E-state index contributed by atoms with van der Waals surface area (Å²) in [6, 6.07) is 8.50. The molecule has 0 fully saturated rings. The molecule has 0 spiro atoms. The number of hydrogen-bond donors (Lipinski definition) is 2. The Morgan fingerprint density at radius 2 is 2.10 bits per heavy atom. The number of hydrogen-bond acceptors (Lipinski definition) is 4. The van der Waals surface area contributed by atoms with Gasteiger partial charge in [0.2, 0.25) is 0 Å². The Morgan fingerprint density at radius 3 is 2.76 bits per heavy atom. The average molecular weight is 325 g/mol. The van der Waals surface area contributed by atoms with E-state index in [4.69, 9.17) is 22.1 Å². The molecule has 5 nitrogen and oxygen atoms in total. The summed E-state index contributed by atoms with van der Waals surface area (Å²) < 4.78 is 5.32. The molecule has 2 aromatic rings. The van der Waals surface area contributed by atoms with Gasteiger partial charge in [0.15, 0.2) is 6.61 Å². The predicted octanol–water partition coefficient (Wildman–Crippen LogP) is 2.83. The van der Waals surface area contributed by atoms with Crippen LogP contribution >= 0.6 is 22.9 Å². The second-order valence-electron chi connectivity index (χ2n) is 4.23. The number of ether oxygens (including phenoxy) is 1. The van der Waals surface area contributed by atoms with Gasteiger partial charge in [0.25, 0.3) is 11.8 Å². The van der Waals surface area contributed by atoms with Crippen molar-refractivity contribution in [3.63, 3.8) is 0 Å². The maximum atomic E-state index is 11.9. The van der Waals surface area contributed by atoms with Crippen LogP contribution in [0.2, 0.25) is 5.02 Å². The number of anilines is 1. The lowest BCUT2D eigenvalue weighted by molar-refractivity contribution is -0.118. The van der Waals surface area contributed by atoms with E-state index in [1.165, 1.54) is 11.3 Å². The molecular weight excluding hydrogens is 312 g/mol. The van der Waals surface area contributed by atoms with Gasteiger partial charge in [-0.25, -0.2) is 0 Å². The number of nitrogens with one attached hydrogen (secondary N) is 1. The molecule has 0 aliphatic rings. The highest BCUT2D eigenvalue weighted by atomic mass is 35.5. The summed E-state index contributed by atoms with van der Waals surface area (Å²) in [5, 5.41) is 3.46. The molecule has 0 aliphatic carbocycles. The Balaban J connectivity index is 1.99. The molecule has 1 heterocycles. The molecule has 0 atom stereocenters. The quantitative estimate of drug-likeness (QED) is 0.887. The van der Waals surface area contributed by atoms with Crippen LogP contribution in [0.3, 0.4) is 0 Å². The topological polar surface area (TPSA) is 81.4 Å². The third kappa shape index (κ3) is 3.96. The second-order valence-corrected chi connectivity index (χ2v) is 5.89. The highest BCUT2D eigenvalue weighted by Gasteiger charge is 2.15. The zero-order valence-corrected chi connectivity index (χ0v) is 12.8. The Hall–Kier alpha value is -2.05. The zero-order chi connectivity index (χ0) is 15.4.